The second kappa shape index (κ2) is 25.9. The number of ether oxygens (including phenoxy) is 1. The number of halogens is 5. The Morgan fingerprint density at radius 3 is 2.03 bits per heavy atom. The van der Waals surface area contributed by atoms with Gasteiger partial charge in [0.2, 0.25) is 10.0 Å². The third kappa shape index (κ3) is 15.4. The van der Waals surface area contributed by atoms with Gasteiger partial charge in [-0.3, -0.25) is 9.05 Å². The fraction of sp³-hybridized carbons (Fsp3) is 0.667. The van der Waals surface area contributed by atoms with E-state index in [0.717, 1.165) is 121 Å². The molecule has 2 saturated carbocycles. The van der Waals surface area contributed by atoms with Gasteiger partial charge in [0.05, 0.1) is 19.0 Å². The molecule has 5 aliphatic rings. The molecule has 416 valence electrons. The predicted octanol–water partition coefficient (Wildman–Crippen LogP) is 14.2. The molecule has 2 heterocycles. The van der Waals surface area contributed by atoms with Crippen LogP contribution in [0.2, 0.25) is 0 Å². The number of unbranched alkanes of at least 4 members (excludes halogenated alkanes) is 6. The van der Waals surface area contributed by atoms with Crippen LogP contribution in [0.25, 0.3) is 0 Å². The summed E-state index contributed by atoms with van der Waals surface area (Å²) in [7, 11) is -7.90. The van der Waals surface area contributed by atoms with Crippen LogP contribution in [0.3, 0.4) is 0 Å². The van der Waals surface area contributed by atoms with E-state index in [-0.39, 0.29) is 36.6 Å². The zero-order valence-corrected chi connectivity index (χ0v) is 45.4. The van der Waals surface area contributed by atoms with Crippen molar-refractivity contribution in [2.75, 3.05) is 38.5 Å². The average molecular weight is 1090 g/mol. The number of fused-ring (bicyclic) bond motifs is 5. The number of amides is 1. The zero-order valence-electron chi connectivity index (χ0n) is 43.7. The number of rotatable bonds is 25. The summed E-state index contributed by atoms with van der Waals surface area (Å²) in [5.41, 5.74) is 4.01. The number of carbonyl (C=O) groups excluding carboxylic acids is 1. The molecule has 75 heavy (non-hydrogen) atoms. The molecule has 11 nitrogen and oxygen atoms in total. The van der Waals surface area contributed by atoms with Gasteiger partial charge in [-0.25, -0.2) is 22.5 Å². The number of sulfonamides is 1. The molecule has 6 atom stereocenters. The normalized spacial score (nSPS) is 24.8. The lowest BCUT2D eigenvalue weighted by molar-refractivity contribution is -0.284. The molecule has 0 radical (unpaired) electrons. The first-order valence-corrected chi connectivity index (χ1v) is 30.9. The second-order valence-electron chi connectivity index (χ2n) is 22.3. The molecule has 0 spiro atoms. The summed E-state index contributed by atoms with van der Waals surface area (Å²) in [4.78, 5) is 18.5. The number of hydrogen-bond acceptors (Lipinski definition) is 9. The maximum atomic E-state index is 14.5. The minimum absolute atomic E-state index is 0.0452. The molecule has 0 unspecified atom stereocenters. The van der Waals surface area contributed by atoms with Crippen molar-refractivity contribution in [1.82, 2.24) is 14.5 Å². The number of carbonyl (C=O) groups is 1. The van der Waals surface area contributed by atoms with Crippen molar-refractivity contribution in [2.45, 2.75) is 179 Å². The summed E-state index contributed by atoms with van der Waals surface area (Å²) in [5.74, 6) is -3.23. The van der Waals surface area contributed by atoms with Crippen LogP contribution in [0.15, 0.2) is 78.9 Å². The molecule has 4 fully saturated rings. The van der Waals surface area contributed by atoms with Crippen molar-refractivity contribution in [2.24, 2.45) is 23.2 Å². The third-order valence-corrected chi connectivity index (χ3v) is 20.0. The number of hydrogen-bond donors (Lipinski definition) is 1. The van der Waals surface area contributed by atoms with Crippen LogP contribution in [-0.2, 0) is 48.0 Å². The largest absolute Gasteiger partial charge is 0.530 e. The molecule has 1 amide bonds. The van der Waals surface area contributed by atoms with E-state index in [1.807, 2.05) is 77.7 Å². The molecule has 8 rings (SSSR count). The Balaban J connectivity index is 0.894. The zero-order chi connectivity index (χ0) is 53.1. The first-order chi connectivity index (χ1) is 35.9. The van der Waals surface area contributed by atoms with Crippen molar-refractivity contribution < 1.29 is 58.0 Å². The quantitative estimate of drug-likeness (QED) is 0.0502. The van der Waals surface area contributed by atoms with Gasteiger partial charge in [-0.05, 0) is 148 Å². The predicted molar refractivity (Wildman–Crippen MR) is 280 cm³/mol. The number of nitrogens with zero attached hydrogens (tertiary/aromatic N) is 2. The van der Waals surface area contributed by atoms with Crippen molar-refractivity contribution in [1.29, 1.82) is 0 Å². The minimum Gasteiger partial charge on any atom is -0.446 e. The average Bonchev–Trinajstić information content (AvgIpc) is 3.76. The van der Waals surface area contributed by atoms with Crippen molar-refractivity contribution >= 4 is 23.9 Å². The van der Waals surface area contributed by atoms with Gasteiger partial charge < -0.3 is 19.1 Å². The Morgan fingerprint density at radius 1 is 0.760 bits per heavy atom. The lowest BCUT2D eigenvalue weighted by Gasteiger charge is -2.53. The van der Waals surface area contributed by atoms with E-state index in [9.17, 15) is 39.7 Å². The lowest BCUT2D eigenvalue weighted by atomic mass is 9.52. The van der Waals surface area contributed by atoms with Gasteiger partial charge >= 0.3 is 26.0 Å². The van der Waals surface area contributed by atoms with E-state index in [4.69, 9.17) is 18.3 Å². The maximum Gasteiger partial charge on any atom is 0.530 e. The van der Waals surface area contributed by atoms with Gasteiger partial charge in [0, 0.05) is 37.5 Å². The first kappa shape index (κ1) is 57.6. The van der Waals surface area contributed by atoms with Crippen LogP contribution in [0.4, 0.5) is 26.7 Å². The Labute approximate surface area is 442 Å². The van der Waals surface area contributed by atoms with Crippen LogP contribution in [0.5, 0.6) is 5.75 Å². The molecule has 3 aliphatic carbocycles. The van der Waals surface area contributed by atoms with Crippen molar-refractivity contribution in [3.63, 3.8) is 0 Å². The van der Waals surface area contributed by atoms with Crippen LogP contribution in [0.1, 0.15) is 157 Å². The number of phosphoric acid groups is 1. The maximum absolute atomic E-state index is 14.5. The number of benzene rings is 3. The van der Waals surface area contributed by atoms with Gasteiger partial charge in [-0.2, -0.15) is 22.0 Å². The summed E-state index contributed by atoms with van der Waals surface area (Å²) in [6.45, 7) is 5.79. The van der Waals surface area contributed by atoms with Gasteiger partial charge in [0.1, 0.15) is 11.9 Å². The topological polar surface area (TPSA) is 124 Å². The molecule has 2 aliphatic heterocycles. The number of piperidine rings is 2. The van der Waals surface area contributed by atoms with E-state index in [1.165, 1.54) is 30.4 Å². The van der Waals surface area contributed by atoms with Crippen LogP contribution < -0.4 is 9.25 Å². The molecule has 3 aromatic carbocycles. The standard InChI is InChI=1S/C57H79F5N3O8PS/c1-55-32-28-50-49-25-24-48(73-74(67,70-41-43-19-10-7-11-20-43)71-42-44-21-12-8-13-22-44)40-46(49)39-45(23-14-5-3-2-4-6-17-38-75(68,69)63-33-18-31-56(58,59)57(60,61)62)53(50)51(55)26-27-52(55)72-54(66)65-36-29-47(30-37-65)64-34-15-9-16-35-64/h7-8,10-13,19-22,24-25,40,45,47,50-53,63H,2-6,9,14-18,23,26-39,41-42H2,1H3/t45-,50-,51+,52+,53-,55+/m1/s1. The number of likely N-dealkylation sites (tertiary alicyclic amines) is 2. The van der Waals surface area contributed by atoms with Gasteiger partial charge in [-0.15, -0.1) is 0 Å². The summed E-state index contributed by atoms with van der Waals surface area (Å²) in [5, 5.41) is 0. The highest BCUT2D eigenvalue weighted by Crippen LogP contribution is 2.64. The molecule has 3 aromatic rings. The second-order valence-corrected chi connectivity index (χ2v) is 25.8. The molecule has 0 bridgehead atoms. The van der Waals surface area contributed by atoms with Crippen LogP contribution in [-0.4, -0.2) is 87.0 Å². The van der Waals surface area contributed by atoms with Crippen molar-refractivity contribution in [3.8, 4) is 5.75 Å². The highest BCUT2D eigenvalue weighted by molar-refractivity contribution is 7.89. The Bertz CT molecular complexity index is 2400. The summed E-state index contributed by atoms with van der Waals surface area (Å²) in [6.07, 6.45) is 9.11. The molecule has 18 heteroatoms. The Morgan fingerprint density at radius 2 is 1.39 bits per heavy atom. The van der Waals surface area contributed by atoms with Crippen molar-refractivity contribution in [3.05, 3.63) is 101 Å². The summed E-state index contributed by atoms with van der Waals surface area (Å²) >= 11 is 0. The van der Waals surface area contributed by atoms with E-state index in [0.29, 0.717) is 48.3 Å². The molecular weight excluding hydrogens is 1010 g/mol. The molecule has 0 aromatic heterocycles. The SMILES string of the molecule is C[C@]12CC[C@@H]3c4ccc(OP(=O)(OCc5ccccc5)OCc5ccccc5)cc4C[C@@H](CCCCCCCCCS(=O)(=O)NCCCC(F)(F)C(F)(F)F)[C@H]3[C@@H]1CC[C@@H]2OC(=O)N1CCC(N2CCCCC2)CC1. The fourth-order valence-corrected chi connectivity index (χ4v) is 15.5. The first-order valence-electron chi connectivity index (χ1n) is 27.8. The van der Waals surface area contributed by atoms with E-state index in [1.54, 1.807) is 0 Å². The third-order valence-electron chi connectivity index (χ3n) is 17.2. The summed E-state index contributed by atoms with van der Waals surface area (Å²) < 4.78 is 130. The van der Waals surface area contributed by atoms with E-state index in [2.05, 4.69) is 22.6 Å². The molecule has 2 saturated heterocycles. The summed E-state index contributed by atoms with van der Waals surface area (Å²) in [6, 6.07) is 25.6. The van der Waals surface area contributed by atoms with Gasteiger partial charge in [-0.1, -0.05) is 119 Å². The van der Waals surface area contributed by atoms with Crippen LogP contribution in [0, 0.1) is 23.2 Å². The highest BCUT2D eigenvalue weighted by atomic mass is 32.2. The fourth-order valence-electron chi connectivity index (χ4n) is 13.2. The smallest absolute Gasteiger partial charge is 0.446 e. The van der Waals surface area contributed by atoms with E-state index >= 15 is 0 Å². The number of alkyl halides is 5. The lowest BCUT2D eigenvalue weighted by Crippen LogP contribution is -2.51. The van der Waals surface area contributed by atoms with Crippen LogP contribution >= 0.6 is 7.82 Å². The monoisotopic (exact) mass is 1090 g/mol. The number of nitrogens with one attached hydrogen (secondary N) is 1. The molecule has 1 N–H and O–H groups in total. The van der Waals surface area contributed by atoms with Gasteiger partial charge in [0.25, 0.3) is 0 Å². The molecular formula is C57H79F5N3O8PS. The minimum atomic E-state index is -5.66. The van der Waals surface area contributed by atoms with Gasteiger partial charge in [0.15, 0.2) is 0 Å². The van der Waals surface area contributed by atoms with E-state index < -0.39 is 49.3 Å². The highest BCUT2D eigenvalue weighted by Gasteiger charge is 2.59. The Hall–Kier alpha value is -3.60. The Kier molecular flexibility index (Phi) is 19.9. The number of phosphoric ester groups is 1.